The minimum atomic E-state index is -1.76. The van der Waals surface area contributed by atoms with Crippen LogP contribution in [0.1, 0.15) is 61.7 Å². The van der Waals surface area contributed by atoms with E-state index in [1.54, 1.807) is 12.0 Å². The first-order valence-corrected chi connectivity index (χ1v) is 10.0. The number of likely N-dealkylation sites (tertiary alicyclic amines) is 1. The first kappa shape index (κ1) is 17.6. The average molecular weight is 385 g/mol. The molecule has 148 valence electrons. The first-order chi connectivity index (χ1) is 13.5. The molecule has 2 aliphatic carbocycles. The lowest BCUT2D eigenvalue weighted by Gasteiger charge is -2.37. The monoisotopic (exact) mass is 385 g/mol. The maximum atomic E-state index is 15.7. The van der Waals surface area contributed by atoms with Crippen LogP contribution in [-0.2, 0) is 15.9 Å². The van der Waals surface area contributed by atoms with Crippen LogP contribution in [0.5, 0.6) is 5.75 Å². The minimum Gasteiger partial charge on any atom is -0.497 e. The van der Waals surface area contributed by atoms with Crippen LogP contribution in [0.2, 0.25) is 0 Å². The Morgan fingerprint density at radius 2 is 2.00 bits per heavy atom. The van der Waals surface area contributed by atoms with Gasteiger partial charge < -0.3 is 14.2 Å². The molecular formula is C21H24FN3O3. The number of methoxy groups -OCH3 is 1. The number of hydrogen-bond acceptors (Lipinski definition) is 5. The van der Waals surface area contributed by atoms with Crippen molar-refractivity contribution in [3.8, 4) is 5.75 Å². The second-order valence-corrected chi connectivity index (χ2v) is 8.34. The van der Waals surface area contributed by atoms with E-state index in [-0.39, 0.29) is 18.3 Å². The van der Waals surface area contributed by atoms with Crippen molar-refractivity contribution in [2.24, 2.45) is 0 Å². The van der Waals surface area contributed by atoms with Gasteiger partial charge in [-0.25, -0.2) is 4.39 Å². The van der Waals surface area contributed by atoms with Crippen LogP contribution in [0.25, 0.3) is 0 Å². The molecule has 6 nitrogen and oxygen atoms in total. The smallest absolute Gasteiger partial charge is 0.266 e. The van der Waals surface area contributed by atoms with Gasteiger partial charge in [0.25, 0.3) is 5.89 Å². The van der Waals surface area contributed by atoms with Crippen LogP contribution in [0.4, 0.5) is 4.39 Å². The van der Waals surface area contributed by atoms with Crippen LogP contribution >= 0.6 is 0 Å². The SMILES string of the molecule is COc1ccc(C2(C(=O)N3CCCC(F)(c4nc(C5CC5)no4)C3)CC2)cc1. The Morgan fingerprint density at radius 1 is 1.25 bits per heavy atom. The highest BCUT2D eigenvalue weighted by Crippen LogP contribution is 2.51. The number of carbonyl (C=O) groups is 1. The molecule has 1 unspecified atom stereocenters. The molecule has 28 heavy (non-hydrogen) atoms. The van der Waals surface area contributed by atoms with Gasteiger partial charge in [-0.05, 0) is 56.2 Å². The molecule has 3 aliphatic rings. The van der Waals surface area contributed by atoms with E-state index in [9.17, 15) is 4.79 Å². The van der Waals surface area contributed by atoms with Crippen molar-refractivity contribution in [2.75, 3.05) is 20.2 Å². The molecule has 0 N–H and O–H groups in total. The largest absolute Gasteiger partial charge is 0.497 e. The number of hydrogen-bond donors (Lipinski definition) is 0. The minimum absolute atomic E-state index is 0.00123. The van der Waals surface area contributed by atoms with Gasteiger partial charge >= 0.3 is 0 Å². The molecule has 1 aromatic carbocycles. The van der Waals surface area contributed by atoms with E-state index in [4.69, 9.17) is 9.26 Å². The lowest BCUT2D eigenvalue weighted by atomic mass is 9.90. The molecule has 5 rings (SSSR count). The highest BCUT2D eigenvalue weighted by Gasteiger charge is 2.55. The van der Waals surface area contributed by atoms with E-state index in [2.05, 4.69) is 10.1 Å². The van der Waals surface area contributed by atoms with Crippen molar-refractivity contribution in [1.29, 1.82) is 0 Å². The van der Waals surface area contributed by atoms with Gasteiger partial charge in [0.15, 0.2) is 5.82 Å². The van der Waals surface area contributed by atoms with Gasteiger partial charge in [-0.1, -0.05) is 17.3 Å². The van der Waals surface area contributed by atoms with Crippen LogP contribution in [0, 0.1) is 0 Å². The fraction of sp³-hybridized carbons (Fsp3) is 0.571. The van der Waals surface area contributed by atoms with Gasteiger partial charge in [0, 0.05) is 12.5 Å². The van der Waals surface area contributed by atoms with E-state index >= 15 is 4.39 Å². The summed E-state index contributed by atoms with van der Waals surface area (Å²) in [6, 6.07) is 7.62. The highest BCUT2D eigenvalue weighted by atomic mass is 19.1. The second-order valence-electron chi connectivity index (χ2n) is 8.34. The number of nitrogens with zero attached hydrogens (tertiary/aromatic N) is 3. The molecule has 1 saturated heterocycles. The third-order valence-corrected chi connectivity index (χ3v) is 6.30. The van der Waals surface area contributed by atoms with Crippen molar-refractivity contribution in [3.05, 3.63) is 41.5 Å². The number of alkyl halides is 1. The molecule has 0 bridgehead atoms. The molecule has 1 amide bonds. The molecule has 0 radical (unpaired) electrons. The van der Waals surface area contributed by atoms with Crippen LogP contribution < -0.4 is 4.74 Å². The van der Waals surface area contributed by atoms with Gasteiger partial charge in [0.1, 0.15) is 5.75 Å². The number of piperidine rings is 1. The number of ether oxygens (including phenoxy) is 1. The molecule has 7 heteroatoms. The zero-order valence-corrected chi connectivity index (χ0v) is 16.0. The number of benzene rings is 1. The lowest BCUT2D eigenvalue weighted by Crippen LogP contribution is -2.50. The zero-order chi connectivity index (χ0) is 19.4. The molecule has 2 aromatic rings. The number of aromatic nitrogens is 2. The Balaban J connectivity index is 1.35. The molecule has 0 spiro atoms. The Morgan fingerprint density at radius 3 is 2.64 bits per heavy atom. The van der Waals surface area contributed by atoms with E-state index in [0.29, 0.717) is 31.1 Å². The normalized spacial score (nSPS) is 26.1. The molecule has 3 fully saturated rings. The van der Waals surface area contributed by atoms with Crippen LogP contribution in [0.15, 0.2) is 28.8 Å². The van der Waals surface area contributed by atoms with Crippen molar-refractivity contribution in [2.45, 2.75) is 55.5 Å². The predicted molar refractivity (Wildman–Crippen MR) is 98.8 cm³/mol. The van der Waals surface area contributed by atoms with E-state index in [1.807, 2.05) is 24.3 Å². The van der Waals surface area contributed by atoms with E-state index < -0.39 is 11.1 Å². The van der Waals surface area contributed by atoms with E-state index in [1.165, 1.54) is 0 Å². The molecule has 1 aliphatic heterocycles. The highest BCUT2D eigenvalue weighted by molar-refractivity contribution is 5.91. The van der Waals surface area contributed by atoms with Crippen molar-refractivity contribution >= 4 is 5.91 Å². The molecule has 2 heterocycles. The van der Waals surface area contributed by atoms with Gasteiger partial charge in [-0.2, -0.15) is 4.98 Å². The topological polar surface area (TPSA) is 68.5 Å². The summed E-state index contributed by atoms with van der Waals surface area (Å²) in [6.07, 6.45) is 4.54. The van der Waals surface area contributed by atoms with E-state index in [0.717, 1.165) is 37.0 Å². The Bertz CT molecular complexity index is 889. The summed E-state index contributed by atoms with van der Waals surface area (Å²) in [5.41, 5.74) is -1.31. The maximum Gasteiger partial charge on any atom is 0.266 e. The Labute approximate surface area is 163 Å². The summed E-state index contributed by atoms with van der Waals surface area (Å²) < 4.78 is 26.2. The summed E-state index contributed by atoms with van der Waals surface area (Å²) in [5.74, 6) is 1.71. The van der Waals surface area contributed by atoms with Gasteiger partial charge in [-0.15, -0.1) is 0 Å². The first-order valence-electron chi connectivity index (χ1n) is 10.0. The number of halogens is 1. The number of rotatable bonds is 5. The van der Waals surface area contributed by atoms with Gasteiger partial charge in [-0.3, -0.25) is 4.79 Å². The fourth-order valence-corrected chi connectivity index (χ4v) is 4.25. The maximum absolute atomic E-state index is 15.7. The molecular weight excluding hydrogens is 361 g/mol. The number of amides is 1. The summed E-state index contributed by atoms with van der Waals surface area (Å²) in [5, 5.41) is 3.95. The van der Waals surface area contributed by atoms with Crippen molar-refractivity contribution < 1.29 is 18.4 Å². The average Bonchev–Trinajstić information content (AvgIpc) is 3.66. The molecule has 1 atom stereocenters. The lowest BCUT2D eigenvalue weighted by molar-refractivity contribution is -0.139. The third-order valence-electron chi connectivity index (χ3n) is 6.30. The third kappa shape index (κ3) is 2.88. The summed E-state index contributed by atoms with van der Waals surface area (Å²) in [6.45, 7) is 0.544. The van der Waals surface area contributed by atoms with Gasteiger partial charge in [0.05, 0.1) is 19.1 Å². The summed E-state index contributed by atoms with van der Waals surface area (Å²) >= 11 is 0. The summed E-state index contributed by atoms with van der Waals surface area (Å²) in [4.78, 5) is 19.3. The van der Waals surface area contributed by atoms with Crippen molar-refractivity contribution in [1.82, 2.24) is 15.0 Å². The van der Waals surface area contributed by atoms with Crippen LogP contribution in [0.3, 0.4) is 0 Å². The van der Waals surface area contributed by atoms with Gasteiger partial charge in [0.2, 0.25) is 11.6 Å². The molecule has 2 saturated carbocycles. The van der Waals surface area contributed by atoms with Crippen molar-refractivity contribution in [3.63, 3.8) is 0 Å². The second kappa shape index (κ2) is 6.29. The summed E-state index contributed by atoms with van der Waals surface area (Å²) in [7, 11) is 1.62. The number of carbonyl (C=O) groups excluding carboxylic acids is 1. The fourth-order valence-electron chi connectivity index (χ4n) is 4.25. The quantitative estimate of drug-likeness (QED) is 0.788. The van der Waals surface area contributed by atoms with Crippen LogP contribution in [-0.4, -0.2) is 41.1 Å². The predicted octanol–water partition coefficient (Wildman–Crippen LogP) is 3.47. The Hall–Kier alpha value is -2.44. The zero-order valence-electron chi connectivity index (χ0n) is 16.0. The molecule has 1 aromatic heterocycles. The standard InChI is InChI=1S/C21H24FN3O3/c1-27-16-7-5-15(6-8-16)20(10-11-20)19(26)25-12-2-9-21(22,13-25)18-23-17(24-28-18)14-3-4-14/h5-8,14H,2-4,9-13H2,1H3. The Kier molecular flexibility index (Phi) is 3.96.